The van der Waals surface area contributed by atoms with Crippen LogP contribution in [0.3, 0.4) is 0 Å². The molecule has 0 amide bonds. The van der Waals surface area contributed by atoms with Crippen molar-refractivity contribution in [3.63, 3.8) is 0 Å². The van der Waals surface area contributed by atoms with Crippen LogP contribution >= 0.6 is 0 Å². The molecule has 0 unspecified atom stereocenters. The quantitative estimate of drug-likeness (QED) is 0.470. The molecule has 0 N–H and O–H groups in total. The van der Waals surface area contributed by atoms with Crippen LogP contribution in [0.15, 0.2) is 94.1 Å². The van der Waals surface area contributed by atoms with Crippen LogP contribution in [-0.2, 0) is 22.7 Å². The highest BCUT2D eigenvalue weighted by Gasteiger charge is 2.14. The van der Waals surface area contributed by atoms with Crippen LogP contribution < -0.4 is 5.76 Å². The van der Waals surface area contributed by atoms with Gasteiger partial charge in [-0.05, 0) is 28.8 Å². The molecule has 0 saturated carbocycles. The van der Waals surface area contributed by atoms with Gasteiger partial charge in [-0.1, -0.05) is 72.8 Å². The number of hydrogen-bond donors (Lipinski definition) is 0. The molecule has 0 fully saturated rings. The van der Waals surface area contributed by atoms with Gasteiger partial charge in [0.15, 0.2) is 0 Å². The summed E-state index contributed by atoms with van der Waals surface area (Å²) in [6, 6.07) is 26.8. The average molecular weight is 386 g/mol. The first kappa shape index (κ1) is 18.4. The predicted octanol–water partition coefficient (Wildman–Crippen LogP) is 3.91. The van der Waals surface area contributed by atoms with Crippen LogP contribution in [-0.4, -0.2) is 15.7 Å². The SMILES string of the molecule is O=C(Cn1nc(-c2ccccc2)oc1=O)OCc1ccc(-c2ccccc2)cc1. The Labute approximate surface area is 167 Å². The number of carbonyl (C=O) groups excluding carboxylic acids is 1. The first-order chi connectivity index (χ1) is 14.2. The van der Waals surface area contributed by atoms with Crippen LogP contribution in [0.5, 0.6) is 0 Å². The average Bonchev–Trinajstić information content (AvgIpc) is 3.14. The lowest BCUT2D eigenvalue weighted by Crippen LogP contribution is -2.22. The van der Waals surface area contributed by atoms with E-state index in [1.807, 2.05) is 72.8 Å². The van der Waals surface area contributed by atoms with Crippen molar-refractivity contribution in [2.24, 2.45) is 0 Å². The van der Waals surface area contributed by atoms with Gasteiger partial charge in [-0.2, -0.15) is 4.68 Å². The Morgan fingerprint density at radius 1 is 0.828 bits per heavy atom. The second kappa shape index (κ2) is 8.39. The van der Waals surface area contributed by atoms with Crippen LogP contribution in [0.25, 0.3) is 22.6 Å². The third-order valence-corrected chi connectivity index (χ3v) is 4.37. The zero-order valence-corrected chi connectivity index (χ0v) is 15.5. The zero-order chi connectivity index (χ0) is 20.1. The largest absolute Gasteiger partial charge is 0.459 e. The highest BCUT2D eigenvalue weighted by atomic mass is 16.5. The van der Waals surface area contributed by atoms with E-state index in [1.54, 1.807) is 12.1 Å². The van der Waals surface area contributed by atoms with E-state index in [9.17, 15) is 9.59 Å². The molecule has 4 aromatic rings. The molecule has 6 heteroatoms. The van der Waals surface area contributed by atoms with E-state index in [4.69, 9.17) is 9.15 Å². The molecule has 0 aliphatic carbocycles. The van der Waals surface area contributed by atoms with Crippen molar-refractivity contribution in [2.75, 3.05) is 0 Å². The number of rotatable bonds is 6. The second-order valence-electron chi connectivity index (χ2n) is 6.42. The Kier molecular flexibility index (Phi) is 5.33. The van der Waals surface area contributed by atoms with Gasteiger partial charge in [0.05, 0.1) is 0 Å². The van der Waals surface area contributed by atoms with Crippen LogP contribution in [0.1, 0.15) is 5.56 Å². The monoisotopic (exact) mass is 386 g/mol. The number of esters is 1. The fourth-order valence-electron chi connectivity index (χ4n) is 2.86. The van der Waals surface area contributed by atoms with E-state index in [0.29, 0.717) is 5.56 Å². The molecule has 1 aromatic heterocycles. The zero-order valence-electron chi connectivity index (χ0n) is 15.5. The highest BCUT2D eigenvalue weighted by molar-refractivity contribution is 5.69. The molecular formula is C23H18N2O4. The Morgan fingerprint density at radius 3 is 2.07 bits per heavy atom. The predicted molar refractivity (Wildman–Crippen MR) is 108 cm³/mol. The van der Waals surface area contributed by atoms with E-state index in [1.165, 1.54) is 0 Å². The highest BCUT2D eigenvalue weighted by Crippen LogP contribution is 2.19. The molecule has 0 saturated heterocycles. The molecule has 0 aliphatic heterocycles. The molecule has 0 atom stereocenters. The third-order valence-electron chi connectivity index (χ3n) is 4.37. The summed E-state index contributed by atoms with van der Waals surface area (Å²) in [7, 11) is 0. The summed E-state index contributed by atoms with van der Waals surface area (Å²) in [6.07, 6.45) is 0. The number of carbonyl (C=O) groups is 1. The molecule has 6 nitrogen and oxygen atoms in total. The van der Waals surface area contributed by atoms with Gasteiger partial charge >= 0.3 is 11.7 Å². The summed E-state index contributed by atoms with van der Waals surface area (Å²) in [4.78, 5) is 24.0. The summed E-state index contributed by atoms with van der Waals surface area (Å²) >= 11 is 0. The molecule has 0 aliphatic rings. The minimum absolute atomic E-state index is 0.117. The molecule has 144 valence electrons. The van der Waals surface area contributed by atoms with Gasteiger partial charge in [-0.25, -0.2) is 4.79 Å². The number of hydrogen-bond acceptors (Lipinski definition) is 5. The minimum Gasteiger partial charge on any atom is -0.459 e. The number of nitrogens with zero attached hydrogens (tertiary/aromatic N) is 2. The fraction of sp³-hybridized carbons (Fsp3) is 0.0870. The van der Waals surface area contributed by atoms with Gasteiger partial charge in [0.25, 0.3) is 0 Å². The lowest BCUT2D eigenvalue weighted by molar-refractivity contribution is -0.146. The van der Waals surface area contributed by atoms with Crippen LogP contribution in [0.4, 0.5) is 0 Å². The number of ether oxygens (including phenoxy) is 1. The molecule has 1 heterocycles. The first-order valence-corrected chi connectivity index (χ1v) is 9.12. The molecule has 29 heavy (non-hydrogen) atoms. The molecule has 3 aromatic carbocycles. The van der Waals surface area contributed by atoms with Crippen molar-refractivity contribution in [2.45, 2.75) is 13.2 Å². The molecule has 0 radical (unpaired) electrons. The Balaban J connectivity index is 1.36. The fourth-order valence-corrected chi connectivity index (χ4v) is 2.86. The normalized spacial score (nSPS) is 10.6. The van der Waals surface area contributed by atoms with E-state index in [-0.39, 0.29) is 19.0 Å². The molecule has 0 bridgehead atoms. The first-order valence-electron chi connectivity index (χ1n) is 9.12. The second-order valence-corrected chi connectivity index (χ2v) is 6.42. The Morgan fingerprint density at radius 2 is 1.41 bits per heavy atom. The summed E-state index contributed by atoms with van der Waals surface area (Å²) in [5.41, 5.74) is 3.73. The van der Waals surface area contributed by atoms with Crippen molar-refractivity contribution in [3.8, 4) is 22.6 Å². The lowest BCUT2D eigenvalue weighted by atomic mass is 10.0. The van der Waals surface area contributed by atoms with Gasteiger partial charge in [0, 0.05) is 5.56 Å². The molecule has 4 rings (SSSR count). The summed E-state index contributed by atoms with van der Waals surface area (Å²) in [5, 5.41) is 4.06. The summed E-state index contributed by atoms with van der Waals surface area (Å²) < 4.78 is 11.3. The smallest absolute Gasteiger partial charge is 0.437 e. The molecular weight excluding hydrogens is 368 g/mol. The van der Waals surface area contributed by atoms with E-state index < -0.39 is 11.7 Å². The standard InChI is InChI=1S/C23H18N2O4/c26-21(15-25-23(27)29-22(24-25)20-9-5-2-6-10-20)28-16-17-11-13-19(14-12-17)18-7-3-1-4-8-18/h1-14H,15-16H2. The van der Waals surface area contributed by atoms with Gasteiger partial charge < -0.3 is 9.15 Å². The summed E-state index contributed by atoms with van der Waals surface area (Å²) in [5.74, 6) is -1.10. The van der Waals surface area contributed by atoms with Crippen molar-refractivity contribution in [1.82, 2.24) is 9.78 Å². The lowest BCUT2D eigenvalue weighted by Gasteiger charge is -2.06. The number of benzene rings is 3. The summed E-state index contributed by atoms with van der Waals surface area (Å²) in [6.45, 7) is -0.191. The number of aromatic nitrogens is 2. The van der Waals surface area contributed by atoms with Gasteiger partial charge in [-0.3, -0.25) is 4.79 Å². The van der Waals surface area contributed by atoms with Gasteiger partial charge in [-0.15, -0.1) is 5.10 Å². The van der Waals surface area contributed by atoms with Crippen molar-refractivity contribution >= 4 is 5.97 Å². The maximum atomic E-state index is 12.1. The topological polar surface area (TPSA) is 74.3 Å². The van der Waals surface area contributed by atoms with Gasteiger partial charge in [0.2, 0.25) is 5.89 Å². The van der Waals surface area contributed by atoms with Crippen molar-refractivity contribution in [3.05, 3.63) is 101 Å². The minimum atomic E-state index is -0.701. The maximum absolute atomic E-state index is 12.1. The molecule has 0 spiro atoms. The van der Waals surface area contributed by atoms with E-state index in [2.05, 4.69) is 5.10 Å². The van der Waals surface area contributed by atoms with Crippen molar-refractivity contribution < 1.29 is 13.9 Å². The van der Waals surface area contributed by atoms with Crippen molar-refractivity contribution in [1.29, 1.82) is 0 Å². The Bertz CT molecular complexity index is 1150. The third kappa shape index (κ3) is 4.50. The van der Waals surface area contributed by atoms with Crippen LogP contribution in [0.2, 0.25) is 0 Å². The van der Waals surface area contributed by atoms with E-state index >= 15 is 0 Å². The maximum Gasteiger partial charge on any atom is 0.437 e. The Hall–Kier alpha value is -3.93. The van der Waals surface area contributed by atoms with Gasteiger partial charge in [0.1, 0.15) is 13.2 Å². The van der Waals surface area contributed by atoms with E-state index in [0.717, 1.165) is 21.4 Å². The van der Waals surface area contributed by atoms with Crippen LogP contribution in [0, 0.1) is 0 Å².